The first-order chi connectivity index (χ1) is 12.5. The molecular weight excluding hydrogens is 352 g/mol. The van der Waals surface area contributed by atoms with Crippen LogP contribution in [0.5, 0.6) is 0 Å². The third kappa shape index (κ3) is 5.08. The van der Waals surface area contributed by atoms with Gasteiger partial charge in [-0.2, -0.15) is 0 Å². The van der Waals surface area contributed by atoms with Crippen molar-refractivity contribution >= 4 is 23.6 Å². The lowest BCUT2D eigenvalue weighted by molar-refractivity contribution is -0.137. The molecule has 0 saturated heterocycles. The van der Waals surface area contributed by atoms with Crippen LogP contribution in [0, 0.1) is 6.92 Å². The van der Waals surface area contributed by atoms with E-state index in [-0.39, 0.29) is 24.1 Å². The van der Waals surface area contributed by atoms with Crippen molar-refractivity contribution in [2.24, 2.45) is 0 Å². The first kappa shape index (κ1) is 20.0. The molecule has 0 unspecified atom stereocenters. The molecule has 2 amide bonds. The van der Waals surface area contributed by atoms with Crippen molar-refractivity contribution in [3.05, 3.63) is 29.8 Å². The average molecular weight is 376 g/mol. The molecule has 0 atom stereocenters. The Bertz CT molecular complexity index is 758. The summed E-state index contributed by atoms with van der Waals surface area (Å²) < 4.78 is 5.63. The number of hydrogen-bond acceptors (Lipinski definition) is 6. The monoisotopic (exact) mass is 376 g/mol. The third-order valence-corrected chi connectivity index (χ3v) is 4.82. The Hall–Kier alpha value is -2.35. The number of carbonyl (C=O) groups is 2. The van der Waals surface area contributed by atoms with Crippen LogP contribution in [0.2, 0.25) is 0 Å². The minimum atomic E-state index is -0.161. The van der Waals surface area contributed by atoms with E-state index in [0.29, 0.717) is 24.2 Å². The second kappa shape index (κ2) is 9.38. The third-order valence-electron chi connectivity index (χ3n) is 4.02. The van der Waals surface area contributed by atoms with E-state index in [1.807, 2.05) is 45.0 Å². The van der Waals surface area contributed by atoms with Gasteiger partial charge in [0, 0.05) is 25.7 Å². The largest absolute Gasteiger partial charge is 0.411 e. The van der Waals surface area contributed by atoms with Gasteiger partial charge in [0.1, 0.15) is 0 Å². The number of benzene rings is 1. The van der Waals surface area contributed by atoms with Crippen molar-refractivity contribution in [1.82, 2.24) is 20.0 Å². The van der Waals surface area contributed by atoms with Gasteiger partial charge in [-0.15, -0.1) is 10.2 Å². The Morgan fingerprint density at radius 3 is 2.46 bits per heavy atom. The van der Waals surface area contributed by atoms with Gasteiger partial charge in [-0.1, -0.05) is 30.0 Å². The molecule has 2 rings (SSSR count). The van der Waals surface area contributed by atoms with E-state index in [9.17, 15) is 9.59 Å². The zero-order valence-corrected chi connectivity index (χ0v) is 16.4. The predicted molar refractivity (Wildman–Crippen MR) is 101 cm³/mol. The number of rotatable bonds is 8. The molecule has 0 aliphatic carbocycles. The first-order valence-corrected chi connectivity index (χ1v) is 9.48. The Labute approximate surface area is 157 Å². The average Bonchev–Trinajstić information content (AvgIpc) is 3.09. The van der Waals surface area contributed by atoms with Crippen LogP contribution >= 0.6 is 11.8 Å². The van der Waals surface area contributed by atoms with E-state index in [4.69, 9.17) is 4.42 Å². The van der Waals surface area contributed by atoms with Crippen molar-refractivity contribution in [3.63, 3.8) is 0 Å². The second-order valence-corrected chi connectivity index (χ2v) is 6.72. The summed E-state index contributed by atoms with van der Waals surface area (Å²) in [7, 11) is 1.62. The van der Waals surface area contributed by atoms with Crippen LogP contribution in [0.3, 0.4) is 0 Å². The number of aromatic nitrogens is 2. The topological polar surface area (TPSA) is 79.5 Å². The molecule has 0 N–H and O–H groups in total. The van der Waals surface area contributed by atoms with E-state index < -0.39 is 0 Å². The molecule has 0 aliphatic heterocycles. The lowest BCUT2D eigenvalue weighted by atomic mass is 10.1. The lowest BCUT2D eigenvalue weighted by Crippen LogP contribution is -2.41. The number of aryl methyl sites for hydroxylation is 1. The molecule has 0 fully saturated rings. The minimum Gasteiger partial charge on any atom is -0.411 e. The van der Waals surface area contributed by atoms with Gasteiger partial charge in [-0.25, -0.2) is 0 Å². The normalized spacial score (nSPS) is 10.6. The van der Waals surface area contributed by atoms with E-state index in [0.717, 1.165) is 11.1 Å². The second-order valence-electron chi connectivity index (χ2n) is 5.79. The van der Waals surface area contributed by atoms with Crippen molar-refractivity contribution < 1.29 is 14.0 Å². The fourth-order valence-corrected chi connectivity index (χ4v) is 3.09. The van der Waals surface area contributed by atoms with Crippen molar-refractivity contribution in [1.29, 1.82) is 0 Å². The number of amides is 2. The van der Waals surface area contributed by atoms with Gasteiger partial charge in [0.15, 0.2) is 0 Å². The highest BCUT2D eigenvalue weighted by Gasteiger charge is 2.18. The van der Waals surface area contributed by atoms with E-state index in [1.54, 1.807) is 11.9 Å². The van der Waals surface area contributed by atoms with Gasteiger partial charge in [0.25, 0.3) is 5.22 Å². The quantitative estimate of drug-likeness (QED) is 0.659. The fourth-order valence-electron chi connectivity index (χ4n) is 2.39. The number of thioether (sulfide) groups is 1. The molecule has 0 saturated carbocycles. The summed E-state index contributed by atoms with van der Waals surface area (Å²) in [6, 6.07) is 7.73. The Kier molecular flexibility index (Phi) is 7.20. The molecule has 140 valence electrons. The van der Waals surface area contributed by atoms with Crippen molar-refractivity contribution in [3.8, 4) is 11.5 Å². The van der Waals surface area contributed by atoms with Gasteiger partial charge in [-0.05, 0) is 32.4 Å². The molecule has 8 heteroatoms. The van der Waals surface area contributed by atoms with Crippen LogP contribution in [0.1, 0.15) is 19.4 Å². The zero-order chi connectivity index (χ0) is 19.1. The minimum absolute atomic E-state index is 0.0597. The van der Waals surface area contributed by atoms with Gasteiger partial charge in [0.2, 0.25) is 17.7 Å². The molecular formula is C18H24N4O3S. The summed E-state index contributed by atoms with van der Waals surface area (Å²) in [6.07, 6.45) is 0. The van der Waals surface area contributed by atoms with Crippen molar-refractivity contribution in [2.75, 3.05) is 32.4 Å². The van der Waals surface area contributed by atoms with Gasteiger partial charge >= 0.3 is 0 Å². The fraction of sp³-hybridized carbons (Fsp3) is 0.444. The molecule has 1 aromatic carbocycles. The molecule has 7 nitrogen and oxygen atoms in total. The summed E-state index contributed by atoms with van der Waals surface area (Å²) in [5.74, 6) is 0.349. The van der Waals surface area contributed by atoms with Crippen LogP contribution in [-0.4, -0.2) is 64.2 Å². The molecule has 0 bridgehead atoms. The van der Waals surface area contributed by atoms with Crippen LogP contribution in [0.15, 0.2) is 33.9 Å². The van der Waals surface area contributed by atoms with E-state index in [2.05, 4.69) is 10.2 Å². The predicted octanol–water partition coefficient (Wildman–Crippen LogP) is 2.46. The maximum atomic E-state index is 12.2. The number of likely N-dealkylation sites (N-methyl/N-ethyl adjacent to an activating group) is 2. The van der Waals surface area contributed by atoms with Crippen LogP contribution in [-0.2, 0) is 9.59 Å². The maximum absolute atomic E-state index is 12.2. The van der Waals surface area contributed by atoms with Crippen LogP contribution in [0.25, 0.3) is 11.5 Å². The van der Waals surface area contributed by atoms with E-state index in [1.165, 1.54) is 16.7 Å². The van der Waals surface area contributed by atoms with Gasteiger partial charge in [-0.3, -0.25) is 9.59 Å². The summed E-state index contributed by atoms with van der Waals surface area (Å²) >= 11 is 1.17. The highest BCUT2D eigenvalue weighted by molar-refractivity contribution is 7.99. The van der Waals surface area contributed by atoms with Gasteiger partial charge < -0.3 is 14.2 Å². The van der Waals surface area contributed by atoms with Crippen LogP contribution < -0.4 is 0 Å². The number of carbonyl (C=O) groups excluding carboxylic acids is 2. The Balaban J connectivity index is 1.90. The van der Waals surface area contributed by atoms with Crippen LogP contribution in [0.4, 0.5) is 0 Å². The first-order valence-electron chi connectivity index (χ1n) is 8.50. The summed E-state index contributed by atoms with van der Waals surface area (Å²) in [6.45, 7) is 7.14. The molecule has 26 heavy (non-hydrogen) atoms. The van der Waals surface area contributed by atoms with Gasteiger partial charge in [0.05, 0.1) is 12.3 Å². The zero-order valence-electron chi connectivity index (χ0n) is 15.6. The summed E-state index contributed by atoms with van der Waals surface area (Å²) in [5.41, 5.74) is 1.92. The van der Waals surface area contributed by atoms with Crippen molar-refractivity contribution in [2.45, 2.75) is 26.0 Å². The molecule has 1 heterocycles. The smallest absolute Gasteiger partial charge is 0.277 e. The molecule has 1 aromatic heterocycles. The maximum Gasteiger partial charge on any atom is 0.277 e. The molecule has 0 aliphatic rings. The number of hydrogen-bond donors (Lipinski definition) is 0. The highest BCUT2D eigenvalue weighted by Crippen LogP contribution is 2.25. The molecule has 2 aromatic rings. The summed E-state index contributed by atoms with van der Waals surface area (Å²) in [5, 5.41) is 8.36. The molecule has 0 spiro atoms. The standard InChI is InChI=1S/C18H24N4O3S/c1-5-22(6-2)15(23)11-21(4)16(24)12-26-18-20-19-17(25-18)14-10-8-7-9-13(14)3/h7-10H,5-6,11-12H2,1-4H3. The number of nitrogens with zero attached hydrogens (tertiary/aromatic N) is 4. The Morgan fingerprint density at radius 1 is 1.12 bits per heavy atom. The highest BCUT2D eigenvalue weighted by atomic mass is 32.2. The summed E-state index contributed by atoms with van der Waals surface area (Å²) in [4.78, 5) is 27.4. The molecule has 0 radical (unpaired) electrons. The van der Waals surface area contributed by atoms with E-state index >= 15 is 0 Å². The lowest BCUT2D eigenvalue weighted by Gasteiger charge is -2.22. The SMILES string of the molecule is CCN(CC)C(=O)CN(C)C(=O)CSc1nnc(-c2ccccc2C)o1. The Morgan fingerprint density at radius 2 is 1.81 bits per heavy atom.